The maximum Gasteiger partial charge on any atom is 0.246 e. The Labute approximate surface area is 139 Å². The van der Waals surface area contributed by atoms with E-state index in [0.717, 1.165) is 11.3 Å². The highest BCUT2D eigenvalue weighted by Gasteiger charge is 2.24. The van der Waals surface area contributed by atoms with Gasteiger partial charge in [0.05, 0.1) is 6.54 Å². The molecule has 1 aliphatic rings. The summed E-state index contributed by atoms with van der Waals surface area (Å²) in [6.45, 7) is 2.76. The molecule has 0 fully saturated rings. The van der Waals surface area contributed by atoms with Crippen molar-refractivity contribution in [3.63, 3.8) is 0 Å². The van der Waals surface area contributed by atoms with E-state index in [1.807, 2.05) is 24.3 Å². The molecular weight excluding hydrogens is 308 g/mol. The van der Waals surface area contributed by atoms with Gasteiger partial charge in [-0.25, -0.2) is 0 Å². The number of nitrogens with one attached hydrogen (secondary N) is 3. The summed E-state index contributed by atoms with van der Waals surface area (Å²) in [6.07, 6.45) is 0.448. The van der Waals surface area contributed by atoms with Crippen LogP contribution in [0.15, 0.2) is 33.8 Å². The summed E-state index contributed by atoms with van der Waals surface area (Å²) < 4.78 is 5.05. The smallest absolute Gasteiger partial charge is 0.246 e. The van der Waals surface area contributed by atoms with Gasteiger partial charge in [-0.1, -0.05) is 23.4 Å². The molecule has 24 heavy (non-hydrogen) atoms. The van der Waals surface area contributed by atoms with Gasteiger partial charge in [-0.3, -0.25) is 9.79 Å². The first-order chi connectivity index (χ1) is 11.7. The van der Waals surface area contributed by atoms with E-state index in [9.17, 15) is 4.79 Å². The van der Waals surface area contributed by atoms with E-state index in [1.165, 1.54) is 0 Å². The van der Waals surface area contributed by atoms with Gasteiger partial charge in [0.15, 0.2) is 11.8 Å². The number of para-hydroxylation sites is 1. The summed E-state index contributed by atoms with van der Waals surface area (Å²) in [4.78, 5) is 20.2. The van der Waals surface area contributed by atoms with Gasteiger partial charge in [0.2, 0.25) is 11.8 Å². The fourth-order valence-corrected chi connectivity index (χ4v) is 2.70. The second-order valence-electron chi connectivity index (χ2n) is 5.58. The molecule has 8 heteroatoms. The molecule has 3 rings (SSSR count). The molecule has 0 spiro atoms. The monoisotopic (exact) mass is 328 g/mol. The predicted molar refractivity (Wildman–Crippen MR) is 89.7 cm³/mol. The van der Waals surface area contributed by atoms with Gasteiger partial charge < -0.3 is 20.5 Å². The number of aliphatic imine (C=N–C) groups is 1. The molecule has 1 atom stereocenters. The van der Waals surface area contributed by atoms with E-state index in [2.05, 4.69) is 31.1 Å². The molecule has 1 aromatic heterocycles. The van der Waals surface area contributed by atoms with Crippen molar-refractivity contribution in [2.75, 3.05) is 18.9 Å². The van der Waals surface area contributed by atoms with Crippen LogP contribution in [0.2, 0.25) is 0 Å². The molecule has 1 amide bonds. The van der Waals surface area contributed by atoms with Crippen LogP contribution in [0.4, 0.5) is 5.69 Å². The second-order valence-corrected chi connectivity index (χ2v) is 5.58. The molecule has 0 saturated heterocycles. The minimum Gasteiger partial charge on any atom is -0.356 e. The third kappa shape index (κ3) is 3.70. The average molecular weight is 328 g/mol. The van der Waals surface area contributed by atoms with E-state index in [-0.39, 0.29) is 11.8 Å². The molecule has 1 aromatic carbocycles. The lowest BCUT2D eigenvalue weighted by atomic mass is 9.90. The number of aromatic nitrogens is 2. The zero-order chi connectivity index (χ0) is 16.9. The van der Waals surface area contributed by atoms with Crippen LogP contribution >= 0.6 is 0 Å². The molecule has 126 valence electrons. The Bertz CT molecular complexity index is 755. The number of aryl methyl sites for hydroxylation is 1. The average Bonchev–Trinajstić information content (AvgIpc) is 3.00. The molecule has 0 saturated carbocycles. The molecule has 1 aliphatic heterocycles. The number of rotatable bonds is 4. The second kappa shape index (κ2) is 7.12. The van der Waals surface area contributed by atoms with Crippen LogP contribution in [0, 0.1) is 6.92 Å². The summed E-state index contributed by atoms with van der Waals surface area (Å²) in [5, 5.41) is 13.0. The highest BCUT2D eigenvalue weighted by atomic mass is 16.5. The Hall–Kier alpha value is -2.90. The summed E-state index contributed by atoms with van der Waals surface area (Å²) in [7, 11) is 1.69. The molecule has 2 aromatic rings. The van der Waals surface area contributed by atoms with Crippen LogP contribution in [0.1, 0.15) is 29.6 Å². The largest absolute Gasteiger partial charge is 0.356 e. The molecular formula is C16H20N6O2. The normalized spacial score (nSPS) is 17.2. The van der Waals surface area contributed by atoms with Crippen molar-refractivity contribution in [3.05, 3.63) is 41.5 Å². The molecule has 0 aliphatic carbocycles. The van der Waals surface area contributed by atoms with Gasteiger partial charge in [0.25, 0.3) is 0 Å². The van der Waals surface area contributed by atoms with E-state index < -0.39 is 0 Å². The Morgan fingerprint density at radius 1 is 1.42 bits per heavy atom. The van der Waals surface area contributed by atoms with Crippen molar-refractivity contribution in [3.8, 4) is 0 Å². The summed E-state index contributed by atoms with van der Waals surface area (Å²) in [5.74, 6) is 1.84. The van der Waals surface area contributed by atoms with Crippen LogP contribution in [0.25, 0.3) is 0 Å². The van der Waals surface area contributed by atoms with Gasteiger partial charge in [-0.2, -0.15) is 4.98 Å². The van der Waals surface area contributed by atoms with Gasteiger partial charge in [-0.15, -0.1) is 0 Å². The predicted octanol–water partition coefficient (Wildman–Crippen LogP) is 1.17. The van der Waals surface area contributed by atoms with Crippen molar-refractivity contribution in [2.45, 2.75) is 25.8 Å². The van der Waals surface area contributed by atoms with Crippen LogP contribution < -0.4 is 16.0 Å². The van der Waals surface area contributed by atoms with Crippen molar-refractivity contribution in [1.29, 1.82) is 0 Å². The summed E-state index contributed by atoms with van der Waals surface area (Å²) in [6, 6.07) is 7.86. The number of anilines is 1. The number of nitrogens with zero attached hydrogens (tertiary/aromatic N) is 3. The first-order valence-corrected chi connectivity index (χ1v) is 7.78. The summed E-state index contributed by atoms with van der Waals surface area (Å²) in [5.41, 5.74) is 2.01. The minimum absolute atomic E-state index is 0.0322. The van der Waals surface area contributed by atoms with E-state index in [0.29, 0.717) is 37.2 Å². The highest BCUT2D eigenvalue weighted by molar-refractivity contribution is 5.94. The van der Waals surface area contributed by atoms with Crippen molar-refractivity contribution >= 4 is 17.6 Å². The number of benzene rings is 1. The van der Waals surface area contributed by atoms with Crippen molar-refractivity contribution in [1.82, 2.24) is 20.8 Å². The number of guanidine groups is 1. The van der Waals surface area contributed by atoms with Gasteiger partial charge in [0.1, 0.15) is 0 Å². The highest BCUT2D eigenvalue weighted by Crippen LogP contribution is 2.31. The van der Waals surface area contributed by atoms with Gasteiger partial charge >= 0.3 is 0 Å². The Morgan fingerprint density at radius 2 is 2.25 bits per heavy atom. The lowest BCUT2D eigenvalue weighted by molar-refractivity contribution is -0.116. The lowest BCUT2D eigenvalue weighted by Gasteiger charge is -2.26. The van der Waals surface area contributed by atoms with Crippen molar-refractivity contribution in [2.24, 2.45) is 4.99 Å². The third-order valence-corrected chi connectivity index (χ3v) is 3.82. The lowest BCUT2D eigenvalue weighted by Crippen LogP contribution is -2.40. The van der Waals surface area contributed by atoms with Crippen LogP contribution in [-0.2, 0) is 11.3 Å². The molecule has 1 unspecified atom stereocenters. The quantitative estimate of drug-likeness (QED) is 0.575. The standard InChI is InChI=1S/C16H20N6O2/c1-10-20-15(24-22-10)9-19-16(17-2)18-8-11-7-14(23)21-13-6-4-3-5-12(11)13/h3-6,11H,7-9H2,1-2H3,(H,21,23)(H2,17,18,19). The number of amides is 1. The number of carbonyl (C=O) groups is 1. The van der Waals surface area contributed by atoms with Crippen LogP contribution in [0.5, 0.6) is 0 Å². The van der Waals surface area contributed by atoms with Gasteiger partial charge in [0, 0.05) is 31.6 Å². The first kappa shape index (κ1) is 16.0. The van der Waals surface area contributed by atoms with Crippen LogP contribution in [0.3, 0.4) is 0 Å². The topological polar surface area (TPSA) is 104 Å². The number of hydrogen-bond donors (Lipinski definition) is 3. The zero-order valence-electron chi connectivity index (χ0n) is 13.7. The molecule has 3 N–H and O–H groups in total. The SMILES string of the molecule is CN=C(NCc1nc(C)no1)NCC1CC(=O)Nc2ccccc21. The molecule has 2 heterocycles. The summed E-state index contributed by atoms with van der Waals surface area (Å²) >= 11 is 0. The zero-order valence-corrected chi connectivity index (χ0v) is 13.7. The van der Waals surface area contributed by atoms with Gasteiger partial charge in [-0.05, 0) is 18.6 Å². The molecule has 0 bridgehead atoms. The number of fused-ring (bicyclic) bond motifs is 1. The fraction of sp³-hybridized carbons (Fsp3) is 0.375. The van der Waals surface area contributed by atoms with Crippen LogP contribution in [-0.4, -0.2) is 35.6 Å². The van der Waals surface area contributed by atoms with Crippen molar-refractivity contribution < 1.29 is 9.32 Å². The maximum absolute atomic E-state index is 11.9. The van der Waals surface area contributed by atoms with E-state index in [4.69, 9.17) is 4.52 Å². The number of carbonyl (C=O) groups excluding carboxylic acids is 1. The third-order valence-electron chi connectivity index (χ3n) is 3.82. The van der Waals surface area contributed by atoms with E-state index >= 15 is 0 Å². The van der Waals surface area contributed by atoms with E-state index in [1.54, 1.807) is 14.0 Å². The Morgan fingerprint density at radius 3 is 3.00 bits per heavy atom. The Balaban J connectivity index is 1.59. The molecule has 8 nitrogen and oxygen atoms in total. The fourth-order valence-electron chi connectivity index (χ4n) is 2.70. The minimum atomic E-state index is 0.0322. The maximum atomic E-state index is 11.9. The Kier molecular flexibility index (Phi) is 4.74. The first-order valence-electron chi connectivity index (χ1n) is 7.78. The molecule has 0 radical (unpaired) electrons. The number of hydrogen-bond acceptors (Lipinski definition) is 5.